The Kier molecular flexibility index (Phi) is 16.2. The van der Waals surface area contributed by atoms with Crippen LogP contribution in [0.15, 0.2) is 48.5 Å². The Bertz CT molecular complexity index is 901. The number of benzene rings is 2. The molecule has 0 aliphatic rings. The summed E-state index contributed by atoms with van der Waals surface area (Å²) in [6, 6.07) is 13.4. The van der Waals surface area contributed by atoms with Gasteiger partial charge in [0.15, 0.2) is 17.3 Å². The number of ketones is 1. The second-order valence-electron chi connectivity index (χ2n) is 10.1. The molecule has 204 valence electrons. The van der Waals surface area contributed by atoms with Gasteiger partial charge in [-0.2, -0.15) is 0 Å². The van der Waals surface area contributed by atoms with Crippen LogP contribution in [0.5, 0.6) is 11.5 Å². The molecule has 0 radical (unpaired) electrons. The Labute approximate surface area is 226 Å². The average Bonchev–Trinajstić information content (AvgIpc) is 2.94. The fourth-order valence-electron chi connectivity index (χ4n) is 4.93. The first-order valence-corrected chi connectivity index (χ1v) is 14.7. The first kappa shape index (κ1) is 30.7. The zero-order valence-electron chi connectivity index (χ0n) is 23.7. The van der Waals surface area contributed by atoms with Crippen LogP contribution in [0.1, 0.15) is 125 Å². The number of hydrogen-bond donors (Lipinski definition) is 0. The molecule has 2 aromatic rings. The fraction of sp³-hybridized carbons (Fsp3) is 0.559. The van der Waals surface area contributed by atoms with E-state index in [2.05, 4.69) is 13.0 Å². The summed E-state index contributed by atoms with van der Waals surface area (Å²) in [6.45, 7) is 2.28. The number of unbranched alkanes of at least 4 members (excludes halogenated alkanes) is 14. The molecule has 0 spiro atoms. The van der Waals surface area contributed by atoms with Gasteiger partial charge in [0.05, 0.1) is 14.2 Å². The highest BCUT2D eigenvalue weighted by Crippen LogP contribution is 2.36. The van der Waals surface area contributed by atoms with Crippen LogP contribution in [0.4, 0.5) is 0 Å². The molecule has 0 fully saturated rings. The largest absolute Gasteiger partial charge is 0.493 e. The molecule has 0 aliphatic carbocycles. The lowest BCUT2D eigenvalue weighted by Gasteiger charge is -2.15. The third kappa shape index (κ3) is 12.0. The highest BCUT2D eigenvalue weighted by molar-refractivity contribution is 6.06. The molecule has 2 aromatic carbocycles. The smallest absolute Gasteiger partial charge is 0.185 e. The topological polar surface area (TPSA) is 35.5 Å². The highest BCUT2D eigenvalue weighted by atomic mass is 16.5. The predicted molar refractivity (Wildman–Crippen MR) is 158 cm³/mol. The fourth-order valence-corrected chi connectivity index (χ4v) is 4.93. The van der Waals surface area contributed by atoms with Crippen molar-refractivity contribution in [2.75, 3.05) is 14.2 Å². The summed E-state index contributed by atoms with van der Waals surface area (Å²) >= 11 is 0. The normalized spacial score (nSPS) is 11.2. The Morgan fingerprint density at radius 1 is 0.649 bits per heavy atom. The minimum absolute atomic E-state index is 0.0245. The molecule has 0 bridgehead atoms. The van der Waals surface area contributed by atoms with Gasteiger partial charge in [0.2, 0.25) is 0 Å². The van der Waals surface area contributed by atoms with E-state index in [1.165, 1.54) is 95.5 Å². The molecule has 0 heterocycles. The van der Waals surface area contributed by atoms with Gasteiger partial charge in [-0.15, -0.1) is 0 Å². The van der Waals surface area contributed by atoms with Gasteiger partial charge in [0, 0.05) is 11.1 Å². The van der Waals surface area contributed by atoms with Gasteiger partial charge in [-0.25, -0.2) is 0 Å². The van der Waals surface area contributed by atoms with Crippen LogP contribution in [-0.2, 0) is 6.42 Å². The molecular formula is C34H50O3. The van der Waals surface area contributed by atoms with Gasteiger partial charge < -0.3 is 9.47 Å². The first-order chi connectivity index (χ1) is 18.2. The van der Waals surface area contributed by atoms with Crippen molar-refractivity contribution in [1.29, 1.82) is 0 Å². The number of hydrogen-bond acceptors (Lipinski definition) is 3. The van der Waals surface area contributed by atoms with E-state index in [0.29, 0.717) is 11.3 Å². The van der Waals surface area contributed by atoms with Crippen molar-refractivity contribution in [2.24, 2.45) is 0 Å². The molecule has 0 aromatic heterocycles. The second-order valence-corrected chi connectivity index (χ2v) is 10.1. The standard InChI is InChI=1S/C34H50O3/c1-4-5-6-7-8-9-10-11-12-13-14-15-16-17-19-24-30-25-26-31(34(37-3)33(30)36-2)27-28-32(35)29-22-20-18-21-23-29/h18,20-23,25-28H,4-17,19,24H2,1-3H3. The summed E-state index contributed by atoms with van der Waals surface area (Å²) in [5.74, 6) is 1.45. The summed E-state index contributed by atoms with van der Waals surface area (Å²) < 4.78 is 11.4. The highest BCUT2D eigenvalue weighted by Gasteiger charge is 2.14. The number of rotatable bonds is 21. The van der Waals surface area contributed by atoms with Crippen LogP contribution < -0.4 is 9.47 Å². The van der Waals surface area contributed by atoms with E-state index in [1.807, 2.05) is 42.5 Å². The minimum atomic E-state index is -0.0245. The van der Waals surface area contributed by atoms with E-state index in [4.69, 9.17) is 9.47 Å². The second kappa shape index (κ2) is 19.5. The number of carbonyl (C=O) groups is 1. The molecule has 0 unspecified atom stereocenters. The SMILES string of the molecule is CCCCCCCCCCCCCCCCCc1ccc(C=CC(=O)c2ccccc2)c(OC)c1OC. The molecule has 0 saturated heterocycles. The van der Waals surface area contributed by atoms with E-state index in [9.17, 15) is 4.79 Å². The van der Waals surface area contributed by atoms with Crippen LogP contribution in [0.25, 0.3) is 6.08 Å². The number of carbonyl (C=O) groups excluding carboxylic acids is 1. The van der Waals surface area contributed by atoms with E-state index in [0.717, 1.165) is 24.2 Å². The van der Waals surface area contributed by atoms with Crippen molar-refractivity contribution in [3.63, 3.8) is 0 Å². The Balaban J connectivity index is 1.67. The van der Waals surface area contributed by atoms with Gasteiger partial charge in [-0.3, -0.25) is 4.79 Å². The maximum atomic E-state index is 12.4. The molecule has 37 heavy (non-hydrogen) atoms. The summed E-state index contributed by atoms with van der Waals surface area (Å²) in [6.07, 6.45) is 24.9. The van der Waals surface area contributed by atoms with E-state index in [-0.39, 0.29) is 5.78 Å². The zero-order valence-corrected chi connectivity index (χ0v) is 23.7. The Morgan fingerprint density at radius 2 is 1.16 bits per heavy atom. The number of ether oxygens (including phenoxy) is 2. The lowest BCUT2D eigenvalue weighted by molar-refractivity contribution is 0.104. The number of aryl methyl sites for hydroxylation is 1. The molecule has 0 saturated carbocycles. The molecule has 2 rings (SSSR count). The maximum Gasteiger partial charge on any atom is 0.185 e. The van der Waals surface area contributed by atoms with Crippen molar-refractivity contribution in [2.45, 2.75) is 110 Å². The Morgan fingerprint density at radius 3 is 1.68 bits per heavy atom. The lowest BCUT2D eigenvalue weighted by Crippen LogP contribution is -1.99. The summed E-state index contributed by atoms with van der Waals surface area (Å²) in [5.41, 5.74) is 2.69. The van der Waals surface area contributed by atoms with E-state index < -0.39 is 0 Å². The van der Waals surface area contributed by atoms with Gasteiger partial charge in [-0.05, 0) is 30.6 Å². The number of allylic oxidation sites excluding steroid dienone is 1. The van der Waals surface area contributed by atoms with Gasteiger partial charge in [0.1, 0.15) is 0 Å². The minimum Gasteiger partial charge on any atom is -0.493 e. The van der Waals surface area contributed by atoms with Crippen LogP contribution in [0.3, 0.4) is 0 Å². The molecular weight excluding hydrogens is 456 g/mol. The predicted octanol–water partition coefficient (Wildman–Crippen LogP) is 10.0. The van der Waals surface area contributed by atoms with Gasteiger partial charge in [0.25, 0.3) is 0 Å². The lowest BCUT2D eigenvalue weighted by atomic mass is 10.0. The van der Waals surface area contributed by atoms with Crippen molar-refractivity contribution in [3.05, 3.63) is 65.2 Å². The van der Waals surface area contributed by atoms with Crippen molar-refractivity contribution >= 4 is 11.9 Å². The Hall–Kier alpha value is -2.55. The van der Waals surface area contributed by atoms with Crippen LogP contribution in [-0.4, -0.2) is 20.0 Å². The third-order valence-corrected chi connectivity index (χ3v) is 7.15. The molecule has 0 aliphatic heterocycles. The van der Waals surface area contributed by atoms with Gasteiger partial charge in [-0.1, -0.05) is 139 Å². The number of methoxy groups -OCH3 is 2. The first-order valence-electron chi connectivity index (χ1n) is 14.7. The quantitative estimate of drug-likeness (QED) is 0.0959. The molecule has 3 nitrogen and oxygen atoms in total. The van der Waals surface area contributed by atoms with Crippen LogP contribution in [0, 0.1) is 0 Å². The molecule has 0 atom stereocenters. The van der Waals surface area contributed by atoms with Crippen molar-refractivity contribution in [3.8, 4) is 11.5 Å². The molecule has 0 amide bonds. The van der Waals surface area contributed by atoms with Gasteiger partial charge >= 0.3 is 0 Å². The summed E-state index contributed by atoms with van der Waals surface area (Å²) in [5, 5.41) is 0. The zero-order chi connectivity index (χ0) is 26.6. The molecule has 3 heteroatoms. The van der Waals surface area contributed by atoms with Crippen molar-refractivity contribution in [1.82, 2.24) is 0 Å². The third-order valence-electron chi connectivity index (χ3n) is 7.15. The summed E-state index contributed by atoms with van der Waals surface area (Å²) in [4.78, 5) is 12.4. The monoisotopic (exact) mass is 506 g/mol. The van der Waals surface area contributed by atoms with Crippen LogP contribution >= 0.6 is 0 Å². The van der Waals surface area contributed by atoms with E-state index in [1.54, 1.807) is 20.3 Å². The average molecular weight is 507 g/mol. The van der Waals surface area contributed by atoms with E-state index >= 15 is 0 Å². The summed E-state index contributed by atoms with van der Waals surface area (Å²) in [7, 11) is 3.35. The van der Waals surface area contributed by atoms with Crippen molar-refractivity contribution < 1.29 is 14.3 Å². The maximum absolute atomic E-state index is 12.4. The van der Waals surface area contributed by atoms with Crippen LogP contribution in [0.2, 0.25) is 0 Å². The molecule has 0 N–H and O–H groups in total.